The molecule has 84 valence electrons. The van der Waals surface area contributed by atoms with Gasteiger partial charge in [-0.2, -0.15) is 0 Å². The predicted molar refractivity (Wildman–Crippen MR) is 63.2 cm³/mol. The Kier molecular flexibility index (Phi) is 4.00. The highest BCUT2D eigenvalue weighted by molar-refractivity contribution is 4.87. The zero-order valence-electron chi connectivity index (χ0n) is 10.3. The average Bonchev–Trinajstić information content (AvgIpc) is 2.00. The second kappa shape index (κ2) is 4.65. The lowest BCUT2D eigenvalue weighted by Gasteiger charge is -2.41. The molecule has 0 saturated heterocycles. The van der Waals surface area contributed by atoms with Crippen LogP contribution in [0.2, 0.25) is 0 Å². The van der Waals surface area contributed by atoms with E-state index in [-0.39, 0.29) is 0 Å². The van der Waals surface area contributed by atoms with E-state index >= 15 is 0 Å². The normalized spacial score (nSPS) is 34.1. The van der Waals surface area contributed by atoms with Gasteiger partial charge in [0.05, 0.1) is 0 Å². The summed E-state index contributed by atoms with van der Waals surface area (Å²) in [4.78, 5) is 0. The summed E-state index contributed by atoms with van der Waals surface area (Å²) >= 11 is 0. The van der Waals surface area contributed by atoms with Gasteiger partial charge in [-0.15, -0.1) is 0 Å². The van der Waals surface area contributed by atoms with Gasteiger partial charge in [0, 0.05) is 6.04 Å². The van der Waals surface area contributed by atoms with Gasteiger partial charge >= 0.3 is 0 Å². The fourth-order valence-corrected chi connectivity index (χ4v) is 3.32. The third-order valence-electron chi connectivity index (χ3n) is 3.65. The third-order valence-corrected chi connectivity index (χ3v) is 3.65. The molecule has 0 radical (unpaired) electrons. The topological polar surface area (TPSA) is 26.0 Å². The van der Waals surface area contributed by atoms with Crippen LogP contribution in [0.25, 0.3) is 0 Å². The summed E-state index contributed by atoms with van der Waals surface area (Å²) in [5, 5.41) is 0. The van der Waals surface area contributed by atoms with Gasteiger partial charge in [-0.05, 0) is 42.9 Å². The van der Waals surface area contributed by atoms with Gasteiger partial charge in [0.15, 0.2) is 0 Å². The van der Waals surface area contributed by atoms with Crippen molar-refractivity contribution in [3.63, 3.8) is 0 Å². The largest absolute Gasteiger partial charge is 0.327 e. The summed E-state index contributed by atoms with van der Waals surface area (Å²) in [5.41, 5.74) is 6.76. The van der Waals surface area contributed by atoms with E-state index in [1.165, 1.54) is 32.1 Å². The highest BCUT2D eigenvalue weighted by atomic mass is 14.7. The van der Waals surface area contributed by atoms with Crippen LogP contribution in [0.3, 0.4) is 0 Å². The molecule has 2 N–H and O–H groups in total. The maximum Gasteiger partial charge on any atom is 0.00673 e. The van der Waals surface area contributed by atoms with E-state index < -0.39 is 0 Å². The molecule has 1 saturated carbocycles. The summed E-state index contributed by atoms with van der Waals surface area (Å²) in [6.45, 7) is 9.41. The second-order valence-electron chi connectivity index (χ2n) is 6.13. The Morgan fingerprint density at radius 3 is 2.50 bits per heavy atom. The van der Waals surface area contributed by atoms with Crippen LogP contribution in [-0.4, -0.2) is 6.04 Å². The van der Waals surface area contributed by atoms with Crippen LogP contribution in [0.15, 0.2) is 0 Å². The minimum atomic E-state index is 0.446. The summed E-state index contributed by atoms with van der Waals surface area (Å²) in [6.07, 6.45) is 6.49. The Balaban J connectivity index is 2.53. The number of rotatable bonds is 3. The molecule has 0 aliphatic heterocycles. The molecule has 1 aliphatic rings. The molecule has 3 atom stereocenters. The summed E-state index contributed by atoms with van der Waals surface area (Å²) in [6, 6.07) is 0.446. The summed E-state index contributed by atoms with van der Waals surface area (Å²) in [5.74, 6) is 1.64. The number of nitrogens with two attached hydrogens (primary N) is 1. The minimum absolute atomic E-state index is 0.446. The van der Waals surface area contributed by atoms with Crippen molar-refractivity contribution in [1.82, 2.24) is 0 Å². The summed E-state index contributed by atoms with van der Waals surface area (Å²) in [7, 11) is 0. The smallest absolute Gasteiger partial charge is 0.00673 e. The van der Waals surface area contributed by atoms with E-state index in [4.69, 9.17) is 5.73 Å². The van der Waals surface area contributed by atoms with E-state index in [2.05, 4.69) is 27.7 Å². The predicted octanol–water partition coefficient (Wildman–Crippen LogP) is 3.58. The van der Waals surface area contributed by atoms with Gasteiger partial charge in [-0.25, -0.2) is 0 Å². The highest BCUT2D eigenvalue weighted by Crippen LogP contribution is 2.42. The lowest BCUT2D eigenvalue weighted by molar-refractivity contribution is 0.114. The van der Waals surface area contributed by atoms with Crippen molar-refractivity contribution in [3.8, 4) is 0 Å². The Morgan fingerprint density at radius 2 is 2.00 bits per heavy atom. The molecule has 14 heavy (non-hydrogen) atoms. The molecule has 0 spiro atoms. The quantitative estimate of drug-likeness (QED) is 0.735. The molecule has 0 aromatic rings. The second-order valence-corrected chi connectivity index (χ2v) is 6.13. The van der Waals surface area contributed by atoms with Gasteiger partial charge < -0.3 is 5.73 Å². The van der Waals surface area contributed by atoms with Crippen LogP contribution in [0.1, 0.15) is 59.8 Å². The standard InChI is InChI=1S/C13H27N/c1-5-6-12(14)11-7-10(2)8-13(3,4)9-11/h10-12H,5-9,14H2,1-4H3. The van der Waals surface area contributed by atoms with Crippen LogP contribution in [0, 0.1) is 17.3 Å². The molecule has 0 aromatic heterocycles. The van der Waals surface area contributed by atoms with E-state index in [1.807, 2.05) is 0 Å². The Morgan fingerprint density at radius 1 is 1.36 bits per heavy atom. The lowest BCUT2D eigenvalue weighted by atomic mass is 9.66. The Labute approximate surface area is 89.5 Å². The van der Waals surface area contributed by atoms with Crippen LogP contribution in [0.5, 0.6) is 0 Å². The highest BCUT2D eigenvalue weighted by Gasteiger charge is 2.34. The molecule has 1 heteroatoms. The van der Waals surface area contributed by atoms with Gasteiger partial charge in [-0.1, -0.05) is 34.1 Å². The van der Waals surface area contributed by atoms with Crippen LogP contribution < -0.4 is 5.73 Å². The van der Waals surface area contributed by atoms with Crippen molar-refractivity contribution in [2.75, 3.05) is 0 Å². The molecular formula is C13H27N. The van der Waals surface area contributed by atoms with Gasteiger partial charge in [0.25, 0.3) is 0 Å². The van der Waals surface area contributed by atoms with Crippen molar-refractivity contribution >= 4 is 0 Å². The zero-order chi connectivity index (χ0) is 10.8. The molecule has 0 bridgehead atoms. The molecule has 0 amide bonds. The van der Waals surface area contributed by atoms with Gasteiger partial charge in [0.2, 0.25) is 0 Å². The summed E-state index contributed by atoms with van der Waals surface area (Å²) < 4.78 is 0. The maximum absolute atomic E-state index is 6.24. The Bertz CT molecular complexity index is 174. The van der Waals surface area contributed by atoms with E-state index in [1.54, 1.807) is 0 Å². The zero-order valence-corrected chi connectivity index (χ0v) is 10.3. The van der Waals surface area contributed by atoms with Crippen molar-refractivity contribution in [3.05, 3.63) is 0 Å². The van der Waals surface area contributed by atoms with E-state index in [9.17, 15) is 0 Å². The van der Waals surface area contributed by atoms with Crippen molar-refractivity contribution in [2.45, 2.75) is 65.8 Å². The van der Waals surface area contributed by atoms with E-state index in [0.717, 1.165) is 11.8 Å². The SMILES string of the molecule is CCCC(N)C1CC(C)CC(C)(C)C1. The van der Waals surface area contributed by atoms with Crippen molar-refractivity contribution in [2.24, 2.45) is 23.0 Å². The van der Waals surface area contributed by atoms with Crippen molar-refractivity contribution < 1.29 is 0 Å². The van der Waals surface area contributed by atoms with Crippen LogP contribution in [0.4, 0.5) is 0 Å². The van der Waals surface area contributed by atoms with Gasteiger partial charge in [0.1, 0.15) is 0 Å². The van der Waals surface area contributed by atoms with Crippen molar-refractivity contribution in [1.29, 1.82) is 0 Å². The molecule has 1 nitrogen and oxygen atoms in total. The third kappa shape index (κ3) is 3.27. The van der Waals surface area contributed by atoms with Crippen LogP contribution >= 0.6 is 0 Å². The maximum atomic E-state index is 6.24. The molecule has 3 unspecified atom stereocenters. The number of hydrogen-bond donors (Lipinski definition) is 1. The fourth-order valence-electron chi connectivity index (χ4n) is 3.32. The van der Waals surface area contributed by atoms with Gasteiger partial charge in [-0.3, -0.25) is 0 Å². The first-order valence-electron chi connectivity index (χ1n) is 6.20. The average molecular weight is 197 g/mol. The van der Waals surface area contributed by atoms with Crippen LogP contribution in [-0.2, 0) is 0 Å². The molecular weight excluding hydrogens is 170 g/mol. The minimum Gasteiger partial charge on any atom is -0.327 e. The monoisotopic (exact) mass is 197 g/mol. The fraction of sp³-hybridized carbons (Fsp3) is 1.00. The first-order valence-corrected chi connectivity index (χ1v) is 6.20. The molecule has 1 rings (SSSR count). The molecule has 1 fully saturated rings. The lowest BCUT2D eigenvalue weighted by Crippen LogP contribution is -2.38. The first-order chi connectivity index (χ1) is 6.44. The van der Waals surface area contributed by atoms with E-state index in [0.29, 0.717) is 11.5 Å². The number of hydrogen-bond acceptors (Lipinski definition) is 1. The Hall–Kier alpha value is -0.0400. The molecule has 0 heterocycles. The molecule has 1 aliphatic carbocycles. The molecule has 0 aromatic carbocycles. The first kappa shape index (κ1) is 12.0.